The molecule has 0 aliphatic rings. The lowest BCUT2D eigenvalue weighted by molar-refractivity contribution is -0.144. The smallest absolute Gasteiger partial charge is 0.327 e. The van der Waals surface area contributed by atoms with E-state index in [0.29, 0.717) is 12.8 Å². The molecule has 2 nitrogen and oxygen atoms in total. The number of benzene rings is 1. The summed E-state index contributed by atoms with van der Waals surface area (Å²) in [5, 5.41) is 0. The van der Waals surface area contributed by atoms with Crippen LogP contribution in [0.2, 0.25) is 0 Å². The number of carbonyl (C=O) groups excluding carboxylic acids is 1. The maximum absolute atomic E-state index is 12.8. The highest BCUT2D eigenvalue weighted by molar-refractivity contribution is 5.94. The first-order valence-corrected chi connectivity index (χ1v) is 6.41. The van der Waals surface area contributed by atoms with E-state index in [1.165, 1.54) is 12.1 Å². The van der Waals surface area contributed by atoms with Crippen molar-refractivity contribution < 1.29 is 22.4 Å². The van der Waals surface area contributed by atoms with Gasteiger partial charge in [0.15, 0.2) is 0 Å². The number of hydrogen-bond donors (Lipinski definition) is 0. The molecule has 0 bridgehead atoms. The van der Waals surface area contributed by atoms with Gasteiger partial charge in [0.2, 0.25) is 0 Å². The lowest BCUT2D eigenvalue weighted by Crippen LogP contribution is -2.45. The number of rotatable bonds is 5. The average molecular weight is 291 g/mol. The van der Waals surface area contributed by atoms with Crippen LogP contribution in [-0.4, -0.2) is 29.6 Å². The molecule has 0 atom stereocenters. The Bertz CT molecular complexity index is 437. The van der Waals surface area contributed by atoms with Gasteiger partial charge in [-0.05, 0) is 37.1 Å². The van der Waals surface area contributed by atoms with E-state index < -0.39 is 30.5 Å². The first kappa shape index (κ1) is 16.5. The van der Waals surface area contributed by atoms with Gasteiger partial charge in [-0.25, -0.2) is 4.39 Å². The summed E-state index contributed by atoms with van der Waals surface area (Å²) in [4.78, 5) is 13.0. The Morgan fingerprint density at radius 2 is 1.65 bits per heavy atom. The summed E-state index contributed by atoms with van der Waals surface area (Å²) in [5.41, 5.74) is 0.0579. The zero-order valence-electron chi connectivity index (χ0n) is 11.4. The molecule has 1 rings (SSSR count). The molecular formula is C14H17F4NO. The van der Waals surface area contributed by atoms with Crippen molar-refractivity contribution in [1.82, 2.24) is 4.90 Å². The third-order valence-electron chi connectivity index (χ3n) is 3.08. The van der Waals surface area contributed by atoms with Gasteiger partial charge in [-0.15, -0.1) is 0 Å². The highest BCUT2D eigenvalue weighted by Crippen LogP contribution is 2.22. The third kappa shape index (κ3) is 4.51. The molecule has 1 amide bonds. The molecule has 0 aliphatic carbocycles. The molecule has 6 heteroatoms. The van der Waals surface area contributed by atoms with Gasteiger partial charge in [-0.2, -0.15) is 13.2 Å². The van der Waals surface area contributed by atoms with Crippen LogP contribution in [0.15, 0.2) is 24.3 Å². The number of alkyl halides is 3. The molecule has 0 heterocycles. The van der Waals surface area contributed by atoms with E-state index in [1.54, 1.807) is 13.8 Å². The zero-order chi connectivity index (χ0) is 15.3. The summed E-state index contributed by atoms with van der Waals surface area (Å²) in [6, 6.07) is 4.03. The SMILES string of the molecule is CCC(CC)N(CC(F)(F)F)C(=O)c1ccc(F)cc1. The summed E-state index contributed by atoms with van der Waals surface area (Å²) in [5.74, 6) is -1.26. The van der Waals surface area contributed by atoms with Crippen molar-refractivity contribution in [2.45, 2.75) is 38.9 Å². The normalized spacial score (nSPS) is 11.8. The van der Waals surface area contributed by atoms with Gasteiger partial charge in [0.05, 0.1) is 0 Å². The number of nitrogens with zero attached hydrogens (tertiary/aromatic N) is 1. The fourth-order valence-electron chi connectivity index (χ4n) is 2.05. The third-order valence-corrected chi connectivity index (χ3v) is 3.08. The van der Waals surface area contributed by atoms with Gasteiger partial charge in [0, 0.05) is 11.6 Å². The fourth-order valence-corrected chi connectivity index (χ4v) is 2.05. The number of halogens is 4. The van der Waals surface area contributed by atoms with Crippen LogP contribution in [0.1, 0.15) is 37.0 Å². The predicted octanol–water partition coefficient (Wildman–Crippen LogP) is 4.02. The van der Waals surface area contributed by atoms with Gasteiger partial charge in [0.1, 0.15) is 12.4 Å². The molecule has 1 aromatic carbocycles. The molecule has 1 aromatic rings. The van der Waals surface area contributed by atoms with E-state index in [-0.39, 0.29) is 5.56 Å². The van der Waals surface area contributed by atoms with E-state index in [0.717, 1.165) is 17.0 Å². The van der Waals surface area contributed by atoms with Crippen molar-refractivity contribution in [2.24, 2.45) is 0 Å². The second-order valence-corrected chi connectivity index (χ2v) is 4.53. The molecule has 0 spiro atoms. The van der Waals surface area contributed by atoms with Crippen molar-refractivity contribution in [3.05, 3.63) is 35.6 Å². The minimum atomic E-state index is -4.46. The predicted molar refractivity (Wildman–Crippen MR) is 67.9 cm³/mol. The van der Waals surface area contributed by atoms with E-state index in [2.05, 4.69) is 0 Å². The Morgan fingerprint density at radius 1 is 1.15 bits per heavy atom. The Labute approximate surface area is 115 Å². The summed E-state index contributed by atoms with van der Waals surface area (Å²) < 4.78 is 50.7. The van der Waals surface area contributed by atoms with Gasteiger partial charge < -0.3 is 4.90 Å². The summed E-state index contributed by atoms with van der Waals surface area (Å²) in [6.07, 6.45) is -3.60. The first-order valence-electron chi connectivity index (χ1n) is 6.41. The first-order chi connectivity index (χ1) is 9.28. The van der Waals surface area contributed by atoms with Gasteiger partial charge in [-0.1, -0.05) is 13.8 Å². The fraction of sp³-hybridized carbons (Fsp3) is 0.500. The quantitative estimate of drug-likeness (QED) is 0.750. The molecule has 20 heavy (non-hydrogen) atoms. The monoisotopic (exact) mass is 291 g/mol. The molecule has 0 saturated heterocycles. The lowest BCUT2D eigenvalue weighted by Gasteiger charge is -2.31. The van der Waals surface area contributed by atoms with Crippen molar-refractivity contribution in [3.8, 4) is 0 Å². The molecule has 0 N–H and O–H groups in total. The largest absolute Gasteiger partial charge is 0.406 e. The van der Waals surface area contributed by atoms with Crippen LogP contribution in [0.3, 0.4) is 0 Å². The molecule has 0 saturated carbocycles. The van der Waals surface area contributed by atoms with Gasteiger partial charge >= 0.3 is 6.18 Å². The van der Waals surface area contributed by atoms with E-state index in [4.69, 9.17) is 0 Å². The highest BCUT2D eigenvalue weighted by Gasteiger charge is 2.35. The van der Waals surface area contributed by atoms with E-state index >= 15 is 0 Å². The molecule has 0 aliphatic heterocycles. The molecule has 0 unspecified atom stereocenters. The van der Waals surface area contributed by atoms with E-state index in [9.17, 15) is 22.4 Å². The topological polar surface area (TPSA) is 20.3 Å². The van der Waals surface area contributed by atoms with Crippen molar-refractivity contribution in [2.75, 3.05) is 6.54 Å². The average Bonchev–Trinajstić information content (AvgIpc) is 2.37. The number of amides is 1. The minimum absolute atomic E-state index is 0.0579. The Hall–Kier alpha value is -1.59. The summed E-state index contributed by atoms with van der Waals surface area (Å²) in [7, 11) is 0. The van der Waals surface area contributed by atoms with E-state index in [1.807, 2.05) is 0 Å². The second-order valence-electron chi connectivity index (χ2n) is 4.53. The van der Waals surface area contributed by atoms with Crippen LogP contribution in [-0.2, 0) is 0 Å². The second kappa shape index (κ2) is 6.72. The summed E-state index contributed by atoms with van der Waals surface area (Å²) in [6.45, 7) is 2.17. The van der Waals surface area contributed by atoms with Gasteiger partial charge in [0.25, 0.3) is 5.91 Å². The molecule has 112 valence electrons. The van der Waals surface area contributed by atoms with Crippen molar-refractivity contribution in [1.29, 1.82) is 0 Å². The maximum atomic E-state index is 12.8. The van der Waals surface area contributed by atoms with Crippen LogP contribution in [0, 0.1) is 5.82 Å². The van der Waals surface area contributed by atoms with Crippen LogP contribution in [0.4, 0.5) is 17.6 Å². The zero-order valence-corrected chi connectivity index (χ0v) is 11.4. The van der Waals surface area contributed by atoms with Crippen molar-refractivity contribution in [3.63, 3.8) is 0 Å². The van der Waals surface area contributed by atoms with Crippen LogP contribution >= 0.6 is 0 Å². The standard InChI is InChI=1S/C14H17F4NO/c1-3-12(4-2)19(9-14(16,17)18)13(20)10-5-7-11(15)8-6-10/h5-8,12H,3-4,9H2,1-2H3. The van der Waals surface area contributed by atoms with Crippen LogP contribution in [0.5, 0.6) is 0 Å². The molecule has 0 fully saturated rings. The lowest BCUT2D eigenvalue weighted by atomic mass is 10.1. The van der Waals surface area contributed by atoms with Crippen LogP contribution < -0.4 is 0 Å². The van der Waals surface area contributed by atoms with Crippen LogP contribution in [0.25, 0.3) is 0 Å². The highest BCUT2D eigenvalue weighted by atomic mass is 19.4. The Balaban J connectivity index is 3.02. The minimum Gasteiger partial charge on any atom is -0.327 e. The Kier molecular flexibility index (Phi) is 5.53. The maximum Gasteiger partial charge on any atom is 0.406 e. The number of carbonyl (C=O) groups is 1. The molecule has 0 aromatic heterocycles. The number of hydrogen-bond acceptors (Lipinski definition) is 1. The Morgan fingerprint density at radius 3 is 2.05 bits per heavy atom. The molecule has 0 radical (unpaired) electrons. The summed E-state index contributed by atoms with van der Waals surface area (Å²) >= 11 is 0. The van der Waals surface area contributed by atoms with Gasteiger partial charge in [-0.3, -0.25) is 4.79 Å². The molecular weight excluding hydrogens is 274 g/mol. The van der Waals surface area contributed by atoms with Crippen molar-refractivity contribution >= 4 is 5.91 Å².